The van der Waals surface area contributed by atoms with E-state index >= 15 is 0 Å². The van der Waals surface area contributed by atoms with E-state index in [1.807, 2.05) is 13.0 Å². The Morgan fingerprint density at radius 1 is 1.36 bits per heavy atom. The minimum Gasteiger partial charge on any atom is -0.338 e. The molecule has 1 rings (SSSR count). The van der Waals surface area contributed by atoms with E-state index in [2.05, 4.69) is 29.5 Å². The van der Waals surface area contributed by atoms with Gasteiger partial charge in [0.05, 0.1) is 5.69 Å². The van der Waals surface area contributed by atoms with Crippen LogP contribution in [0.4, 0.5) is 16.2 Å². The van der Waals surface area contributed by atoms with Crippen molar-refractivity contribution in [3.63, 3.8) is 0 Å². The van der Waals surface area contributed by atoms with Gasteiger partial charge < -0.3 is 10.6 Å². The maximum Gasteiger partial charge on any atom is 0.319 e. The molecule has 1 atom stereocenters. The van der Waals surface area contributed by atoms with E-state index < -0.39 is 0 Å². The monoisotopic (exact) mass is 303 g/mol. The van der Waals surface area contributed by atoms with Crippen LogP contribution in [0.1, 0.15) is 45.1 Å². The predicted molar refractivity (Wildman–Crippen MR) is 89.3 cm³/mol. The number of carbonyl (C=O) groups excluding carboxylic acids is 2. The average molecular weight is 303 g/mol. The maximum absolute atomic E-state index is 11.9. The van der Waals surface area contributed by atoms with E-state index in [4.69, 9.17) is 0 Å². The molecular weight excluding hydrogens is 278 g/mol. The molecule has 22 heavy (non-hydrogen) atoms. The molecule has 0 aromatic heterocycles. The smallest absolute Gasteiger partial charge is 0.319 e. The zero-order valence-corrected chi connectivity index (χ0v) is 13.6. The summed E-state index contributed by atoms with van der Waals surface area (Å²) in [5.74, 6) is 0.513. The molecule has 2 amide bonds. The number of urea groups is 1. The van der Waals surface area contributed by atoms with Crippen LogP contribution in [0, 0.1) is 12.8 Å². The van der Waals surface area contributed by atoms with Crippen molar-refractivity contribution in [2.75, 3.05) is 11.9 Å². The fraction of sp³-hybridized carbons (Fsp3) is 0.529. The Bertz CT molecular complexity index is 537. The SMILES string of the molecule is CCCCC(CC)CNC(=O)Nc1ccc(C)c(N=C=O)c1. The molecule has 0 fully saturated rings. The maximum atomic E-state index is 11.9. The zero-order valence-electron chi connectivity index (χ0n) is 13.6. The number of hydrogen-bond acceptors (Lipinski definition) is 3. The summed E-state index contributed by atoms with van der Waals surface area (Å²) in [6.45, 7) is 6.83. The number of nitrogens with zero attached hydrogens (tertiary/aromatic N) is 1. The number of nitrogens with one attached hydrogen (secondary N) is 2. The number of aliphatic imine (C=N–C) groups is 1. The molecule has 0 heterocycles. The summed E-state index contributed by atoms with van der Waals surface area (Å²) in [6.07, 6.45) is 6.07. The van der Waals surface area contributed by atoms with E-state index in [-0.39, 0.29) is 6.03 Å². The number of unbranched alkanes of at least 4 members (excludes halogenated alkanes) is 1. The van der Waals surface area contributed by atoms with Crippen LogP contribution in [-0.4, -0.2) is 18.7 Å². The van der Waals surface area contributed by atoms with Crippen LogP contribution in [0.5, 0.6) is 0 Å². The minimum absolute atomic E-state index is 0.236. The van der Waals surface area contributed by atoms with Gasteiger partial charge in [-0.15, -0.1) is 0 Å². The van der Waals surface area contributed by atoms with Crippen molar-refractivity contribution in [1.29, 1.82) is 0 Å². The number of carbonyl (C=O) groups is 1. The highest BCUT2D eigenvalue weighted by Gasteiger charge is 2.09. The molecule has 0 saturated heterocycles. The lowest BCUT2D eigenvalue weighted by atomic mass is 9.99. The van der Waals surface area contributed by atoms with Gasteiger partial charge in [0.2, 0.25) is 6.08 Å². The summed E-state index contributed by atoms with van der Waals surface area (Å²) >= 11 is 0. The van der Waals surface area contributed by atoms with Crippen molar-refractivity contribution in [3.8, 4) is 0 Å². The molecule has 0 saturated carbocycles. The average Bonchev–Trinajstić information content (AvgIpc) is 2.51. The number of hydrogen-bond donors (Lipinski definition) is 2. The summed E-state index contributed by atoms with van der Waals surface area (Å²) in [7, 11) is 0. The van der Waals surface area contributed by atoms with Gasteiger partial charge in [-0.3, -0.25) is 0 Å². The molecule has 0 aliphatic carbocycles. The lowest BCUT2D eigenvalue weighted by molar-refractivity contribution is 0.249. The van der Waals surface area contributed by atoms with Gasteiger partial charge in [-0.1, -0.05) is 39.2 Å². The lowest BCUT2D eigenvalue weighted by Crippen LogP contribution is -2.33. The molecule has 0 aliphatic rings. The van der Waals surface area contributed by atoms with Crippen molar-refractivity contribution in [2.45, 2.75) is 46.5 Å². The first kappa shape index (κ1) is 17.9. The zero-order chi connectivity index (χ0) is 16.4. The van der Waals surface area contributed by atoms with Crippen LogP contribution in [0.25, 0.3) is 0 Å². The van der Waals surface area contributed by atoms with Crippen LogP contribution >= 0.6 is 0 Å². The molecule has 0 spiro atoms. The van der Waals surface area contributed by atoms with Gasteiger partial charge in [-0.2, -0.15) is 4.99 Å². The Hall–Kier alpha value is -2.13. The minimum atomic E-state index is -0.236. The second-order valence-corrected chi connectivity index (χ2v) is 5.46. The van der Waals surface area contributed by atoms with Crippen molar-refractivity contribution in [3.05, 3.63) is 23.8 Å². The third-order valence-corrected chi connectivity index (χ3v) is 3.73. The van der Waals surface area contributed by atoms with Crippen molar-refractivity contribution < 1.29 is 9.59 Å². The van der Waals surface area contributed by atoms with E-state index in [1.54, 1.807) is 12.1 Å². The Morgan fingerprint density at radius 2 is 2.14 bits per heavy atom. The van der Waals surface area contributed by atoms with Gasteiger partial charge in [0.25, 0.3) is 0 Å². The molecule has 5 nitrogen and oxygen atoms in total. The van der Waals surface area contributed by atoms with Crippen LogP contribution in [0.3, 0.4) is 0 Å². The molecule has 1 unspecified atom stereocenters. The lowest BCUT2D eigenvalue weighted by Gasteiger charge is -2.15. The number of benzene rings is 1. The van der Waals surface area contributed by atoms with Crippen molar-refractivity contribution in [2.24, 2.45) is 10.9 Å². The van der Waals surface area contributed by atoms with E-state index in [0.29, 0.717) is 23.8 Å². The molecule has 1 aromatic carbocycles. The molecule has 1 aromatic rings. The number of isocyanates is 1. The van der Waals surface area contributed by atoms with Gasteiger partial charge in [-0.25, -0.2) is 9.59 Å². The highest BCUT2D eigenvalue weighted by atomic mass is 16.2. The van der Waals surface area contributed by atoms with Crippen molar-refractivity contribution >= 4 is 23.5 Å². The Morgan fingerprint density at radius 3 is 2.77 bits per heavy atom. The highest BCUT2D eigenvalue weighted by molar-refractivity contribution is 5.89. The Kier molecular flexibility index (Phi) is 7.94. The van der Waals surface area contributed by atoms with Crippen molar-refractivity contribution in [1.82, 2.24) is 5.32 Å². The van der Waals surface area contributed by atoms with Gasteiger partial charge in [-0.05, 0) is 37.0 Å². The quantitative estimate of drug-likeness (QED) is 0.555. The largest absolute Gasteiger partial charge is 0.338 e. The predicted octanol–water partition coefficient (Wildman–Crippen LogP) is 4.30. The van der Waals surface area contributed by atoms with E-state index in [1.165, 1.54) is 18.9 Å². The second-order valence-electron chi connectivity index (χ2n) is 5.46. The van der Waals surface area contributed by atoms with Crippen LogP contribution in [-0.2, 0) is 4.79 Å². The molecule has 0 radical (unpaired) electrons. The van der Waals surface area contributed by atoms with Gasteiger partial charge in [0, 0.05) is 12.2 Å². The highest BCUT2D eigenvalue weighted by Crippen LogP contribution is 2.22. The fourth-order valence-corrected chi connectivity index (χ4v) is 2.21. The van der Waals surface area contributed by atoms with E-state index in [9.17, 15) is 9.59 Å². The first-order valence-corrected chi connectivity index (χ1v) is 7.84. The third-order valence-electron chi connectivity index (χ3n) is 3.73. The summed E-state index contributed by atoms with van der Waals surface area (Å²) < 4.78 is 0. The summed E-state index contributed by atoms with van der Waals surface area (Å²) in [5, 5.41) is 5.66. The molecular formula is C17H25N3O2. The van der Waals surface area contributed by atoms with Gasteiger partial charge in [0.15, 0.2) is 0 Å². The first-order chi connectivity index (χ1) is 10.6. The molecule has 2 N–H and O–H groups in total. The third kappa shape index (κ3) is 6.10. The Labute approximate surface area is 132 Å². The molecule has 5 heteroatoms. The Balaban J connectivity index is 2.54. The number of amides is 2. The number of rotatable bonds is 8. The number of anilines is 1. The molecule has 0 aliphatic heterocycles. The normalized spacial score (nSPS) is 11.4. The van der Waals surface area contributed by atoms with Gasteiger partial charge >= 0.3 is 6.03 Å². The van der Waals surface area contributed by atoms with Crippen LogP contribution < -0.4 is 10.6 Å². The standard InChI is InChI=1S/C17H25N3O2/c1-4-6-7-14(5-2)11-18-17(22)20-15-9-8-13(3)16(10-15)19-12-21/h8-10,14H,4-7,11H2,1-3H3,(H2,18,20,22). The summed E-state index contributed by atoms with van der Waals surface area (Å²) in [5.41, 5.74) is 1.99. The first-order valence-electron chi connectivity index (χ1n) is 7.84. The van der Waals surface area contributed by atoms with Crippen LogP contribution in [0.2, 0.25) is 0 Å². The summed E-state index contributed by atoms with van der Waals surface area (Å²) in [4.78, 5) is 25.9. The second kappa shape index (κ2) is 9.74. The molecule has 0 bridgehead atoms. The fourth-order valence-electron chi connectivity index (χ4n) is 2.21. The molecule has 120 valence electrons. The summed E-state index contributed by atoms with van der Waals surface area (Å²) in [6, 6.07) is 5.02. The number of aryl methyl sites for hydroxylation is 1. The van der Waals surface area contributed by atoms with Crippen LogP contribution in [0.15, 0.2) is 23.2 Å². The van der Waals surface area contributed by atoms with E-state index in [0.717, 1.165) is 18.4 Å². The topological polar surface area (TPSA) is 70.6 Å². The van der Waals surface area contributed by atoms with Gasteiger partial charge in [0.1, 0.15) is 0 Å².